The number of fused-ring (bicyclic) bond motifs is 1. The van der Waals surface area contributed by atoms with Crippen LogP contribution in [-0.2, 0) is 4.74 Å². The van der Waals surface area contributed by atoms with Gasteiger partial charge in [0.25, 0.3) is 0 Å². The summed E-state index contributed by atoms with van der Waals surface area (Å²) in [5.41, 5.74) is -0.161. The number of hydrogen-bond acceptors (Lipinski definition) is 5. The summed E-state index contributed by atoms with van der Waals surface area (Å²) in [4.78, 5) is 9.42. The van der Waals surface area contributed by atoms with E-state index in [9.17, 15) is 5.11 Å². The van der Waals surface area contributed by atoms with Crippen LogP contribution in [0.2, 0.25) is 0 Å². The summed E-state index contributed by atoms with van der Waals surface area (Å²) < 4.78 is 6.52. The molecule has 0 atom stereocenters. The summed E-state index contributed by atoms with van der Waals surface area (Å²) in [6.45, 7) is 4.67. The second kappa shape index (κ2) is 3.43. The Labute approximate surface area is 103 Å². The molecule has 1 aliphatic rings. The Balaban J connectivity index is 2.11. The summed E-state index contributed by atoms with van der Waals surface area (Å²) in [5.74, 6) is 0.860. The highest BCUT2D eigenvalue weighted by atomic mass is 32.1. The minimum atomic E-state index is -0.161. The molecule has 3 rings (SSSR count). The van der Waals surface area contributed by atoms with Crippen LogP contribution in [0.1, 0.15) is 18.7 Å². The van der Waals surface area contributed by atoms with Crippen LogP contribution in [0.25, 0.3) is 10.1 Å². The van der Waals surface area contributed by atoms with Crippen LogP contribution < -0.4 is 0 Å². The zero-order valence-electron chi connectivity index (χ0n) is 9.60. The standard InChI is InChI=1S/C12H12N2O2S/c1-12(2)6-16-11(14-12)9-3-7-8(15)4-13-5-10(7)17-9/h3-5,15H,6H2,1-2H3. The number of pyridine rings is 1. The fourth-order valence-corrected chi connectivity index (χ4v) is 2.75. The zero-order chi connectivity index (χ0) is 12.0. The fraction of sp³-hybridized carbons (Fsp3) is 0.333. The Morgan fingerprint density at radius 1 is 1.41 bits per heavy atom. The van der Waals surface area contributed by atoms with E-state index in [4.69, 9.17) is 4.74 Å². The number of aromatic nitrogens is 1. The van der Waals surface area contributed by atoms with Gasteiger partial charge in [0.2, 0.25) is 5.90 Å². The van der Waals surface area contributed by atoms with E-state index in [-0.39, 0.29) is 11.3 Å². The van der Waals surface area contributed by atoms with Crippen LogP contribution in [0.15, 0.2) is 23.5 Å². The summed E-state index contributed by atoms with van der Waals surface area (Å²) >= 11 is 1.53. The first-order valence-corrected chi connectivity index (χ1v) is 6.16. The molecule has 0 saturated heterocycles. The molecule has 0 radical (unpaired) electrons. The Hall–Kier alpha value is -1.62. The molecule has 0 saturated carbocycles. The van der Waals surface area contributed by atoms with E-state index >= 15 is 0 Å². The molecule has 0 spiro atoms. The largest absolute Gasteiger partial charge is 0.506 e. The number of hydrogen-bond donors (Lipinski definition) is 1. The predicted molar refractivity (Wildman–Crippen MR) is 67.9 cm³/mol. The number of ether oxygens (including phenoxy) is 1. The normalized spacial score (nSPS) is 18.1. The molecule has 5 heteroatoms. The molecule has 2 aromatic heterocycles. The lowest BCUT2D eigenvalue weighted by Gasteiger charge is -2.07. The smallest absolute Gasteiger partial charge is 0.227 e. The highest BCUT2D eigenvalue weighted by molar-refractivity contribution is 7.20. The maximum Gasteiger partial charge on any atom is 0.227 e. The zero-order valence-corrected chi connectivity index (χ0v) is 10.4. The van der Waals surface area contributed by atoms with Crippen LogP contribution in [0.3, 0.4) is 0 Å². The lowest BCUT2D eigenvalue weighted by Crippen LogP contribution is -2.17. The molecule has 0 amide bonds. The molecule has 17 heavy (non-hydrogen) atoms. The van der Waals surface area contributed by atoms with Gasteiger partial charge in [0.1, 0.15) is 12.4 Å². The van der Waals surface area contributed by atoms with Crippen molar-refractivity contribution >= 4 is 27.3 Å². The number of aromatic hydroxyl groups is 1. The van der Waals surface area contributed by atoms with E-state index in [0.717, 1.165) is 15.0 Å². The van der Waals surface area contributed by atoms with Gasteiger partial charge in [0.15, 0.2) is 0 Å². The second-order valence-corrected chi connectivity index (χ2v) is 5.78. The summed E-state index contributed by atoms with van der Waals surface area (Å²) in [6.07, 6.45) is 3.18. The van der Waals surface area contributed by atoms with E-state index in [1.54, 1.807) is 6.20 Å². The molecule has 0 bridgehead atoms. The Morgan fingerprint density at radius 2 is 2.24 bits per heavy atom. The second-order valence-electron chi connectivity index (χ2n) is 4.70. The van der Waals surface area contributed by atoms with Gasteiger partial charge in [-0.15, -0.1) is 11.3 Å². The number of thiophene rings is 1. The fourth-order valence-electron chi connectivity index (χ4n) is 1.76. The van der Waals surface area contributed by atoms with Gasteiger partial charge in [0.05, 0.1) is 21.3 Å². The summed E-state index contributed by atoms with van der Waals surface area (Å²) in [7, 11) is 0. The SMILES string of the molecule is CC1(C)COC(c2cc3c(O)cncc3s2)=N1. The topological polar surface area (TPSA) is 54.7 Å². The van der Waals surface area contributed by atoms with E-state index in [0.29, 0.717) is 12.5 Å². The molecule has 88 valence electrons. The first-order valence-electron chi connectivity index (χ1n) is 5.35. The maximum atomic E-state index is 9.69. The third-order valence-electron chi connectivity index (χ3n) is 2.60. The van der Waals surface area contributed by atoms with E-state index in [1.807, 2.05) is 19.9 Å². The van der Waals surface area contributed by atoms with Crippen LogP contribution in [-0.4, -0.2) is 28.1 Å². The Bertz CT molecular complexity index is 616. The van der Waals surface area contributed by atoms with Gasteiger partial charge in [-0.05, 0) is 19.9 Å². The van der Waals surface area contributed by atoms with Crippen molar-refractivity contribution < 1.29 is 9.84 Å². The number of rotatable bonds is 1. The van der Waals surface area contributed by atoms with Crippen molar-refractivity contribution in [2.24, 2.45) is 4.99 Å². The molecule has 0 aromatic carbocycles. The van der Waals surface area contributed by atoms with Crippen molar-refractivity contribution in [1.29, 1.82) is 0 Å². The first kappa shape index (κ1) is 10.5. The van der Waals surface area contributed by atoms with Crippen LogP contribution in [0, 0.1) is 0 Å². The molecular weight excluding hydrogens is 236 g/mol. The lowest BCUT2D eigenvalue weighted by atomic mass is 10.1. The van der Waals surface area contributed by atoms with Crippen molar-refractivity contribution in [1.82, 2.24) is 4.98 Å². The number of aliphatic imine (C=N–C) groups is 1. The van der Waals surface area contributed by atoms with Gasteiger partial charge in [-0.25, -0.2) is 4.99 Å². The summed E-state index contributed by atoms with van der Waals surface area (Å²) in [5, 5.41) is 10.5. The molecule has 0 aliphatic carbocycles. The molecule has 0 unspecified atom stereocenters. The average molecular weight is 248 g/mol. The van der Waals surface area contributed by atoms with Crippen LogP contribution in [0.4, 0.5) is 0 Å². The van der Waals surface area contributed by atoms with Crippen LogP contribution >= 0.6 is 11.3 Å². The van der Waals surface area contributed by atoms with Crippen molar-refractivity contribution in [3.8, 4) is 5.75 Å². The minimum absolute atomic E-state index is 0.161. The molecular formula is C12H12N2O2S. The van der Waals surface area contributed by atoms with E-state index in [1.165, 1.54) is 17.5 Å². The van der Waals surface area contributed by atoms with Crippen molar-refractivity contribution in [3.05, 3.63) is 23.3 Å². The van der Waals surface area contributed by atoms with E-state index in [2.05, 4.69) is 9.98 Å². The third-order valence-corrected chi connectivity index (χ3v) is 3.66. The molecule has 2 aromatic rings. The van der Waals surface area contributed by atoms with Gasteiger partial charge in [-0.1, -0.05) is 0 Å². The number of nitrogens with zero attached hydrogens (tertiary/aromatic N) is 2. The first-order chi connectivity index (χ1) is 8.05. The lowest BCUT2D eigenvalue weighted by molar-refractivity contribution is 0.280. The molecule has 0 fully saturated rings. The highest BCUT2D eigenvalue weighted by Gasteiger charge is 2.28. The van der Waals surface area contributed by atoms with Crippen LogP contribution in [0.5, 0.6) is 5.75 Å². The Morgan fingerprint density at radius 3 is 2.88 bits per heavy atom. The van der Waals surface area contributed by atoms with Gasteiger partial charge in [-0.2, -0.15) is 0 Å². The van der Waals surface area contributed by atoms with E-state index < -0.39 is 0 Å². The quantitative estimate of drug-likeness (QED) is 0.843. The molecule has 3 heterocycles. The van der Waals surface area contributed by atoms with Crippen molar-refractivity contribution in [2.45, 2.75) is 19.4 Å². The average Bonchev–Trinajstić information content (AvgIpc) is 2.82. The van der Waals surface area contributed by atoms with Crippen molar-refractivity contribution in [2.75, 3.05) is 6.61 Å². The minimum Gasteiger partial charge on any atom is -0.506 e. The predicted octanol–water partition coefficient (Wildman–Crippen LogP) is 2.56. The monoisotopic (exact) mass is 248 g/mol. The van der Waals surface area contributed by atoms with Gasteiger partial charge in [-0.3, -0.25) is 4.98 Å². The summed E-state index contributed by atoms with van der Waals surface area (Å²) in [6, 6.07) is 1.90. The third kappa shape index (κ3) is 1.76. The van der Waals surface area contributed by atoms with Gasteiger partial charge in [0, 0.05) is 11.6 Å². The molecule has 1 aliphatic heterocycles. The Kier molecular flexibility index (Phi) is 2.13. The highest BCUT2D eigenvalue weighted by Crippen LogP contribution is 2.33. The van der Waals surface area contributed by atoms with Gasteiger partial charge < -0.3 is 9.84 Å². The molecule has 1 N–H and O–H groups in total. The maximum absolute atomic E-state index is 9.69. The molecule has 4 nitrogen and oxygen atoms in total. The van der Waals surface area contributed by atoms with Crippen molar-refractivity contribution in [3.63, 3.8) is 0 Å². The van der Waals surface area contributed by atoms with Gasteiger partial charge >= 0.3 is 0 Å².